The van der Waals surface area contributed by atoms with Gasteiger partial charge in [-0.1, -0.05) is 13.0 Å². The number of ether oxygens (including phenoxy) is 1. The van der Waals surface area contributed by atoms with Gasteiger partial charge in [-0.25, -0.2) is 4.39 Å². The quantitative estimate of drug-likeness (QED) is 0.847. The summed E-state index contributed by atoms with van der Waals surface area (Å²) in [7, 11) is 0. The molecule has 1 fully saturated rings. The van der Waals surface area contributed by atoms with E-state index in [1.54, 1.807) is 12.1 Å². The lowest BCUT2D eigenvalue weighted by molar-refractivity contribution is 0.0818. The molecule has 0 saturated heterocycles. The Morgan fingerprint density at radius 1 is 1.44 bits per heavy atom. The van der Waals surface area contributed by atoms with Gasteiger partial charge in [-0.05, 0) is 44.0 Å². The molecule has 2 nitrogen and oxygen atoms in total. The molecule has 1 N–H and O–H groups in total. The van der Waals surface area contributed by atoms with Gasteiger partial charge in [-0.3, -0.25) is 0 Å². The van der Waals surface area contributed by atoms with Crippen molar-refractivity contribution in [3.8, 4) is 5.75 Å². The topological polar surface area (TPSA) is 21.3 Å². The van der Waals surface area contributed by atoms with Crippen molar-refractivity contribution in [1.29, 1.82) is 0 Å². The van der Waals surface area contributed by atoms with E-state index in [0.717, 1.165) is 24.9 Å². The second kappa shape index (κ2) is 4.83. The molecule has 1 saturated carbocycles. The van der Waals surface area contributed by atoms with E-state index in [9.17, 15) is 4.39 Å². The summed E-state index contributed by atoms with van der Waals surface area (Å²) in [4.78, 5) is 0. The molecule has 1 aliphatic rings. The van der Waals surface area contributed by atoms with Crippen LogP contribution in [0.5, 0.6) is 5.75 Å². The highest BCUT2D eigenvalue weighted by Gasteiger charge is 2.30. The molecule has 0 heterocycles. The van der Waals surface area contributed by atoms with Crippen molar-refractivity contribution < 1.29 is 9.13 Å². The summed E-state index contributed by atoms with van der Waals surface area (Å²) in [5, 5.41) is 3.35. The van der Waals surface area contributed by atoms with Crippen molar-refractivity contribution in [1.82, 2.24) is 5.32 Å². The van der Waals surface area contributed by atoms with Crippen LogP contribution in [0, 0.1) is 12.7 Å². The molecule has 0 radical (unpaired) electrons. The highest BCUT2D eigenvalue weighted by molar-refractivity contribution is 5.29. The Morgan fingerprint density at radius 3 is 2.88 bits per heavy atom. The molecule has 88 valence electrons. The highest BCUT2D eigenvalue weighted by Crippen LogP contribution is 2.28. The molecular weight excluding hydrogens is 205 g/mol. The molecule has 0 aliphatic heterocycles. The van der Waals surface area contributed by atoms with Crippen molar-refractivity contribution >= 4 is 0 Å². The van der Waals surface area contributed by atoms with E-state index >= 15 is 0 Å². The molecule has 1 aromatic rings. The lowest BCUT2D eigenvalue weighted by atomic mass is 9.89. The Labute approximate surface area is 95.8 Å². The van der Waals surface area contributed by atoms with Gasteiger partial charge in [0, 0.05) is 6.04 Å². The van der Waals surface area contributed by atoms with Gasteiger partial charge >= 0.3 is 0 Å². The van der Waals surface area contributed by atoms with Gasteiger partial charge in [0.05, 0.1) is 0 Å². The molecule has 0 unspecified atom stereocenters. The van der Waals surface area contributed by atoms with Crippen molar-refractivity contribution in [2.24, 2.45) is 0 Å². The minimum Gasteiger partial charge on any atom is -0.487 e. The summed E-state index contributed by atoms with van der Waals surface area (Å²) in [6.45, 7) is 5.01. The fourth-order valence-corrected chi connectivity index (χ4v) is 2.00. The maximum atomic E-state index is 13.4. The van der Waals surface area contributed by atoms with E-state index in [0.29, 0.717) is 11.8 Å². The van der Waals surface area contributed by atoms with Crippen LogP contribution in [-0.2, 0) is 0 Å². The molecule has 0 spiro atoms. The monoisotopic (exact) mass is 223 g/mol. The average molecular weight is 223 g/mol. The number of benzene rings is 1. The number of nitrogens with one attached hydrogen (secondary N) is 1. The molecule has 1 aromatic carbocycles. The first-order chi connectivity index (χ1) is 7.69. The molecule has 2 rings (SSSR count). The predicted octanol–water partition coefficient (Wildman–Crippen LogP) is 2.65. The van der Waals surface area contributed by atoms with Gasteiger partial charge in [-0.15, -0.1) is 0 Å². The molecule has 3 heteroatoms. The van der Waals surface area contributed by atoms with Crippen LogP contribution in [0.2, 0.25) is 0 Å². The Morgan fingerprint density at radius 2 is 2.19 bits per heavy atom. The first kappa shape index (κ1) is 11.4. The molecule has 0 amide bonds. The molecule has 0 aromatic heterocycles. The number of hydrogen-bond donors (Lipinski definition) is 1. The maximum absolute atomic E-state index is 13.4. The van der Waals surface area contributed by atoms with Crippen LogP contribution in [0.3, 0.4) is 0 Å². The Bertz CT molecular complexity index is 361. The number of aryl methyl sites for hydroxylation is 1. The number of hydrogen-bond acceptors (Lipinski definition) is 2. The second-order valence-corrected chi connectivity index (χ2v) is 4.40. The third-order valence-electron chi connectivity index (χ3n) is 2.97. The van der Waals surface area contributed by atoms with Gasteiger partial charge in [0.2, 0.25) is 0 Å². The van der Waals surface area contributed by atoms with Gasteiger partial charge < -0.3 is 10.1 Å². The Hall–Kier alpha value is -1.09. The third-order valence-corrected chi connectivity index (χ3v) is 2.97. The van der Waals surface area contributed by atoms with Crippen LogP contribution in [0.15, 0.2) is 18.2 Å². The van der Waals surface area contributed by atoms with Crippen LogP contribution in [0.25, 0.3) is 0 Å². The van der Waals surface area contributed by atoms with Gasteiger partial charge in [-0.2, -0.15) is 0 Å². The predicted molar refractivity (Wildman–Crippen MR) is 62.3 cm³/mol. The lowest BCUT2D eigenvalue weighted by Crippen LogP contribution is -2.46. The third kappa shape index (κ3) is 2.53. The van der Waals surface area contributed by atoms with E-state index in [-0.39, 0.29) is 11.9 Å². The van der Waals surface area contributed by atoms with E-state index in [1.807, 2.05) is 6.92 Å². The van der Waals surface area contributed by atoms with E-state index < -0.39 is 0 Å². The smallest absolute Gasteiger partial charge is 0.165 e. The van der Waals surface area contributed by atoms with Crippen molar-refractivity contribution in [2.75, 3.05) is 6.54 Å². The lowest BCUT2D eigenvalue weighted by Gasteiger charge is -2.35. The second-order valence-electron chi connectivity index (χ2n) is 4.40. The fourth-order valence-electron chi connectivity index (χ4n) is 2.00. The Kier molecular flexibility index (Phi) is 3.44. The van der Waals surface area contributed by atoms with Gasteiger partial charge in [0.25, 0.3) is 0 Å². The molecular formula is C13H18FNO. The van der Waals surface area contributed by atoms with Crippen LogP contribution in [0.4, 0.5) is 4.39 Å². The molecule has 1 aliphatic carbocycles. The van der Waals surface area contributed by atoms with Crippen LogP contribution in [-0.4, -0.2) is 18.7 Å². The largest absolute Gasteiger partial charge is 0.487 e. The minimum absolute atomic E-state index is 0.167. The first-order valence-electron chi connectivity index (χ1n) is 5.85. The normalized spacial score (nSPS) is 23.9. The SMILES string of the molecule is CCNC1CC(Oc2cc(C)ccc2F)C1. The van der Waals surface area contributed by atoms with Gasteiger partial charge in [0.1, 0.15) is 6.10 Å². The van der Waals surface area contributed by atoms with E-state index in [2.05, 4.69) is 12.2 Å². The van der Waals surface area contributed by atoms with Crippen LogP contribution < -0.4 is 10.1 Å². The first-order valence-corrected chi connectivity index (χ1v) is 5.85. The Balaban J connectivity index is 1.89. The van der Waals surface area contributed by atoms with Crippen molar-refractivity contribution in [3.05, 3.63) is 29.6 Å². The zero-order valence-electron chi connectivity index (χ0n) is 9.79. The molecule has 0 atom stereocenters. The van der Waals surface area contributed by atoms with Crippen molar-refractivity contribution in [2.45, 2.75) is 38.8 Å². The van der Waals surface area contributed by atoms with Crippen molar-refractivity contribution in [3.63, 3.8) is 0 Å². The average Bonchev–Trinajstić information content (AvgIpc) is 2.20. The minimum atomic E-state index is -0.266. The summed E-state index contributed by atoms with van der Waals surface area (Å²) in [5.74, 6) is 0.123. The summed E-state index contributed by atoms with van der Waals surface area (Å²) in [6, 6.07) is 5.52. The zero-order chi connectivity index (χ0) is 11.5. The molecule has 16 heavy (non-hydrogen) atoms. The summed E-state index contributed by atoms with van der Waals surface area (Å²) >= 11 is 0. The summed E-state index contributed by atoms with van der Waals surface area (Å²) < 4.78 is 19.0. The summed E-state index contributed by atoms with van der Waals surface area (Å²) in [5.41, 5.74) is 1.03. The number of halogens is 1. The number of rotatable bonds is 4. The fraction of sp³-hybridized carbons (Fsp3) is 0.538. The zero-order valence-corrected chi connectivity index (χ0v) is 9.79. The van der Waals surface area contributed by atoms with E-state index in [4.69, 9.17) is 4.74 Å². The molecule has 0 bridgehead atoms. The summed E-state index contributed by atoms with van der Waals surface area (Å²) in [6.07, 6.45) is 2.11. The highest BCUT2D eigenvalue weighted by atomic mass is 19.1. The van der Waals surface area contributed by atoms with Crippen LogP contribution >= 0.6 is 0 Å². The standard InChI is InChI=1S/C13H18FNO/c1-3-15-10-7-11(8-10)16-13-6-9(2)4-5-12(13)14/h4-6,10-11,15H,3,7-8H2,1-2H3. The van der Waals surface area contributed by atoms with Crippen LogP contribution in [0.1, 0.15) is 25.3 Å². The van der Waals surface area contributed by atoms with E-state index in [1.165, 1.54) is 6.07 Å². The maximum Gasteiger partial charge on any atom is 0.165 e. The van der Waals surface area contributed by atoms with Gasteiger partial charge in [0.15, 0.2) is 11.6 Å².